The number of guanidine groups is 1. The summed E-state index contributed by atoms with van der Waals surface area (Å²) in [6.45, 7) is 2.19. The highest BCUT2D eigenvalue weighted by atomic mass is 127. The van der Waals surface area contributed by atoms with Crippen LogP contribution in [0.15, 0.2) is 4.99 Å². The van der Waals surface area contributed by atoms with Crippen LogP contribution in [0.1, 0.15) is 19.8 Å². The van der Waals surface area contributed by atoms with Gasteiger partial charge in [-0.15, -0.1) is 24.0 Å². The molecule has 0 aliphatic heterocycles. The Hall–Kier alpha value is -0.740. The van der Waals surface area contributed by atoms with E-state index in [0.717, 1.165) is 6.42 Å². The third-order valence-corrected chi connectivity index (χ3v) is 1.91. The molecule has 0 spiro atoms. The standard InChI is InChI=1S/C10H19F3N4O.HI/c1-3-5-15-8(18)7-17-9(14-2)16-6-4-10(11,12)13;/h3-7H2,1-2H3,(H,15,18)(H2,14,16,17);1H. The third kappa shape index (κ3) is 13.5. The number of alkyl halides is 3. The molecule has 0 aromatic rings. The predicted molar refractivity (Wildman–Crippen MR) is 78.8 cm³/mol. The zero-order valence-electron chi connectivity index (χ0n) is 10.9. The van der Waals surface area contributed by atoms with Gasteiger partial charge in [0.15, 0.2) is 5.96 Å². The van der Waals surface area contributed by atoms with E-state index in [1.165, 1.54) is 7.05 Å². The van der Waals surface area contributed by atoms with Crippen LogP contribution in [0.25, 0.3) is 0 Å². The number of hydrogen-bond donors (Lipinski definition) is 3. The van der Waals surface area contributed by atoms with Crippen molar-refractivity contribution in [1.29, 1.82) is 0 Å². The van der Waals surface area contributed by atoms with Gasteiger partial charge in [0.25, 0.3) is 0 Å². The predicted octanol–water partition coefficient (Wildman–Crippen LogP) is 1.25. The minimum atomic E-state index is -4.20. The van der Waals surface area contributed by atoms with Gasteiger partial charge in [0.05, 0.1) is 13.0 Å². The van der Waals surface area contributed by atoms with E-state index in [-0.39, 0.29) is 48.9 Å². The summed E-state index contributed by atoms with van der Waals surface area (Å²) in [5.41, 5.74) is 0. The van der Waals surface area contributed by atoms with Crippen molar-refractivity contribution in [3.05, 3.63) is 0 Å². The van der Waals surface area contributed by atoms with Crippen molar-refractivity contribution >= 4 is 35.8 Å². The van der Waals surface area contributed by atoms with Gasteiger partial charge in [-0.05, 0) is 6.42 Å². The summed E-state index contributed by atoms with van der Waals surface area (Å²) in [5.74, 6) is -0.0541. The monoisotopic (exact) mass is 396 g/mol. The van der Waals surface area contributed by atoms with Gasteiger partial charge in [-0.3, -0.25) is 9.79 Å². The topological polar surface area (TPSA) is 65.5 Å². The Bertz CT molecular complexity index is 284. The third-order valence-electron chi connectivity index (χ3n) is 1.91. The van der Waals surface area contributed by atoms with Crippen LogP contribution in [0, 0.1) is 0 Å². The van der Waals surface area contributed by atoms with E-state index in [4.69, 9.17) is 0 Å². The number of carbonyl (C=O) groups excluding carboxylic acids is 1. The quantitative estimate of drug-likeness (QED) is 0.360. The highest BCUT2D eigenvalue weighted by Crippen LogP contribution is 2.17. The molecule has 0 saturated carbocycles. The van der Waals surface area contributed by atoms with Gasteiger partial charge in [0.2, 0.25) is 5.91 Å². The van der Waals surface area contributed by atoms with Crippen LogP contribution in [-0.2, 0) is 4.79 Å². The molecule has 0 saturated heterocycles. The second-order valence-corrected chi connectivity index (χ2v) is 3.57. The number of hydrogen-bond acceptors (Lipinski definition) is 2. The van der Waals surface area contributed by atoms with E-state index in [0.29, 0.717) is 6.54 Å². The number of halogens is 4. The molecule has 0 aliphatic carbocycles. The van der Waals surface area contributed by atoms with Crippen LogP contribution in [0.3, 0.4) is 0 Å². The molecular formula is C10H20F3IN4O. The second-order valence-electron chi connectivity index (χ2n) is 3.57. The molecule has 5 nitrogen and oxygen atoms in total. The zero-order valence-corrected chi connectivity index (χ0v) is 13.3. The minimum Gasteiger partial charge on any atom is -0.356 e. The van der Waals surface area contributed by atoms with Crippen LogP contribution >= 0.6 is 24.0 Å². The molecule has 0 heterocycles. The maximum Gasteiger partial charge on any atom is 0.390 e. The Morgan fingerprint density at radius 1 is 1.16 bits per heavy atom. The largest absolute Gasteiger partial charge is 0.390 e. The van der Waals surface area contributed by atoms with E-state index >= 15 is 0 Å². The highest BCUT2D eigenvalue weighted by Gasteiger charge is 2.26. The second kappa shape index (κ2) is 11.1. The molecule has 0 unspecified atom stereocenters. The average molecular weight is 396 g/mol. The lowest BCUT2D eigenvalue weighted by Gasteiger charge is -2.12. The molecule has 0 atom stereocenters. The molecule has 0 bridgehead atoms. The molecule has 19 heavy (non-hydrogen) atoms. The van der Waals surface area contributed by atoms with Crippen molar-refractivity contribution in [2.24, 2.45) is 4.99 Å². The molecule has 9 heteroatoms. The van der Waals surface area contributed by atoms with Crippen LogP contribution in [0.2, 0.25) is 0 Å². The molecule has 1 amide bonds. The van der Waals surface area contributed by atoms with Crippen molar-refractivity contribution in [3.63, 3.8) is 0 Å². The van der Waals surface area contributed by atoms with Crippen LogP contribution < -0.4 is 16.0 Å². The first-order valence-electron chi connectivity index (χ1n) is 5.67. The number of rotatable bonds is 6. The molecule has 0 aliphatic rings. The van der Waals surface area contributed by atoms with Crippen LogP contribution in [0.5, 0.6) is 0 Å². The van der Waals surface area contributed by atoms with Crippen LogP contribution in [0.4, 0.5) is 13.2 Å². The van der Waals surface area contributed by atoms with Crippen molar-refractivity contribution in [2.75, 3.05) is 26.7 Å². The first-order valence-corrected chi connectivity index (χ1v) is 5.67. The fourth-order valence-electron chi connectivity index (χ4n) is 1.03. The molecule has 0 aromatic carbocycles. The summed E-state index contributed by atoms with van der Waals surface area (Å²) < 4.78 is 35.7. The Labute approximate surface area is 127 Å². The van der Waals surface area contributed by atoms with Gasteiger partial charge in [-0.25, -0.2) is 0 Å². The summed E-state index contributed by atoms with van der Waals surface area (Å²) in [6, 6.07) is 0. The number of nitrogens with one attached hydrogen (secondary N) is 3. The van der Waals surface area contributed by atoms with Gasteiger partial charge in [0, 0.05) is 20.1 Å². The molecular weight excluding hydrogens is 376 g/mol. The lowest BCUT2D eigenvalue weighted by atomic mass is 10.4. The molecule has 0 rings (SSSR count). The highest BCUT2D eigenvalue weighted by molar-refractivity contribution is 14.0. The maximum absolute atomic E-state index is 11.9. The average Bonchev–Trinajstić information content (AvgIpc) is 2.29. The number of carbonyl (C=O) groups is 1. The Balaban J connectivity index is 0. The van der Waals surface area contributed by atoms with E-state index in [1.54, 1.807) is 0 Å². The Kier molecular flexibility index (Phi) is 12.0. The fourth-order valence-corrected chi connectivity index (χ4v) is 1.03. The van der Waals surface area contributed by atoms with Gasteiger partial charge >= 0.3 is 6.18 Å². The van der Waals surface area contributed by atoms with Gasteiger partial charge in [0.1, 0.15) is 0 Å². The molecule has 0 radical (unpaired) electrons. The molecule has 0 aromatic heterocycles. The van der Waals surface area contributed by atoms with Crippen molar-refractivity contribution in [2.45, 2.75) is 25.9 Å². The summed E-state index contributed by atoms with van der Waals surface area (Å²) in [5, 5.41) is 7.73. The first kappa shape index (κ1) is 20.6. The summed E-state index contributed by atoms with van der Waals surface area (Å²) in [4.78, 5) is 14.9. The fraction of sp³-hybridized carbons (Fsp3) is 0.800. The van der Waals surface area contributed by atoms with Gasteiger partial charge < -0.3 is 16.0 Å². The van der Waals surface area contributed by atoms with Crippen molar-refractivity contribution in [1.82, 2.24) is 16.0 Å². The molecule has 3 N–H and O–H groups in total. The smallest absolute Gasteiger partial charge is 0.356 e. The normalized spacial score (nSPS) is 11.5. The molecule has 114 valence electrons. The lowest BCUT2D eigenvalue weighted by Crippen LogP contribution is -2.44. The van der Waals surface area contributed by atoms with E-state index in [1.807, 2.05) is 6.92 Å². The summed E-state index contributed by atoms with van der Waals surface area (Å²) in [6.07, 6.45) is -4.33. The number of aliphatic imine (C=N–C) groups is 1. The minimum absolute atomic E-state index is 0. The lowest BCUT2D eigenvalue weighted by molar-refractivity contribution is -0.132. The van der Waals surface area contributed by atoms with E-state index in [2.05, 4.69) is 20.9 Å². The van der Waals surface area contributed by atoms with Crippen molar-refractivity contribution in [3.8, 4) is 0 Å². The van der Waals surface area contributed by atoms with E-state index in [9.17, 15) is 18.0 Å². The zero-order chi connectivity index (χ0) is 14.0. The molecule has 0 fully saturated rings. The summed E-state index contributed by atoms with van der Waals surface area (Å²) >= 11 is 0. The first-order chi connectivity index (χ1) is 8.39. The Morgan fingerprint density at radius 2 is 1.79 bits per heavy atom. The van der Waals surface area contributed by atoms with Gasteiger partial charge in [-0.2, -0.15) is 13.2 Å². The SMILES string of the molecule is CCCNC(=O)CNC(=NC)NCCC(F)(F)F.I. The number of amides is 1. The van der Waals surface area contributed by atoms with Crippen LogP contribution in [-0.4, -0.2) is 44.7 Å². The van der Waals surface area contributed by atoms with Crippen molar-refractivity contribution < 1.29 is 18.0 Å². The number of nitrogens with zero attached hydrogens (tertiary/aromatic N) is 1. The summed E-state index contributed by atoms with van der Waals surface area (Å²) in [7, 11) is 1.42. The van der Waals surface area contributed by atoms with Gasteiger partial charge in [-0.1, -0.05) is 6.92 Å². The Morgan fingerprint density at radius 3 is 2.26 bits per heavy atom. The maximum atomic E-state index is 11.9. The van der Waals surface area contributed by atoms with E-state index < -0.39 is 12.6 Å².